The van der Waals surface area contributed by atoms with Gasteiger partial charge in [-0.3, -0.25) is 4.79 Å². The second kappa shape index (κ2) is 12.9. The molecule has 18 heavy (non-hydrogen) atoms. The van der Waals surface area contributed by atoms with Crippen LogP contribution in [0.4, 0.5) is 0 Å². The summed E-state index contributed by atoms with van der Waals surface area (Å²) < 4.78 is 0. The third kappa shape index (κ3) is 13.5. The van der Waals surface area contributed by atoms with Crippen molar-refractivity contribution in [2.45, 2.75) is 85.0 Å². The number of hydrogen-bond acceptors (Lipinski definition) is 1. The van der Waals surface area contributed by atoms with E-state index in [0.717, 1.165) is 31.7 Å². The Morgan fingerprint density at radius 2 is 1.61 bits per heavy atom. The number of nitrogens with one attached hydrogen (secondary N) is 1. The van der Waals surface area contributed by atoms with E-state index in [2.05, 4.69) is 26.1 Å². The van der Waals surface area contributed by atoms with Gasteiger partial charge in [-0.1, -0.05) is 65.7 Å². The fraction of sp³-hybridized carbons (Fsp3) is 0.938. The van der Waals surface area contributed by atoms with E-state index in [9.17, 15) is 4.79 Å². The van der Waals surface area contributed by atoms with Gasteiger partial charge in [-0.05, 0) is 18.8 Å². The van der Waals surface area contributed by atoms with Crippen LogP contribution < -0.4 is 5.32 Å². The van der Waals surface area contributed by atoms with Crippen molar-refractivity contribution in [1.82, 2.24) is 5.32 Å². The Kier molecular flexibility index (Phi) is 12.5. The molecule has 0 aromatic rings. The molecule has 0 saturated heterocycles. The second-order valence-electron chi connectivity index (χ2n) is 5.76. The van der Waals surface area contributed by atoms with Crippen molar-refractivity contribution in [3.8, 4) is 0 Å². The average Bonchev–Trinajstić information content (AvgIpc) is 2.33. The number of rotatable bonds is 12. The topological polar surface area (TPSA) is 29.1 Å². The van der Waals surface area contributed by atoms with Crippen LogP contribution in [0.15, 0.2) is 0 Å². The Bertz CT molecular complexity index is 190. The van der Waals surface area contributed by atoms with Crippen LogP contribution in [-0.4, -0.2) is 12.5 Å². The lowest BCUT2D eigenvalue weighted by Gasteiger charge is -2.06. The summed E-state index contributed by atoms with van der Waals surface area (Å²) in [6.07, 6.45) is 11.8. The zero-order chi connectivity index (χ0) is 13.6. The molecule has 0 aliphatic rings. The first-order chi connectivity index (χ1) is 8.66. The third-order valence-corrected chi connectivity index (χ3v) is 3.29. The molecule has 0 bridgehead atoms. The maximum absolute atomic E-state index is 11.5. The third-order valence-electron chi connectivity index (χ3n) is 3.29. The highest BCUT2D eigenvalue weighted by atomic mass is 16.1. The highest BCUT2D eigenvalue weighted by Crippen LogP contribution is 2.10. The molecule has 0 saturated carbocycles. The van der Waals surface area contributed by atoms with Crippen LogP contribution in [-0.2, 0) is 4.79 Å². The highest BCUT2D eigenvalue weighted by Gasteiger charge is 2.00. The predicted molar refractivity (Wildman–Crippen MR) is 79.7 cm³/mol. The lowest BCUT2D eigenvalue weighted by molar-refractivity contribution is -0.121. The maximum Gasteiger partial charge on any atom is 0.219 e. The number of amides is 1. The van der Waals surface area contributed by atoms with Crippen molar-refractivity contribution >= 4 is 5.91 Å². The van der Waals surface area contributed by atoms with Gasteiger partial charge in [0.05, 0.1) is 0 Å². The van der Waals surface area contributed by atoms with Gasteiger partial charge in [0, 0.05) is 13.0 Å². The SMILES string of the molecule is CCCCCCNC(=O)CCCCCCC(C)C. The van der Waals surface area contributed by atoms with E-state index in [1.807, 2.05) is 0 Å². The van der Waals surface area contributed by atoms with Gasteiger partial charge in [-0.15, -0.1) is 0 Å². The van der Waals surface area contributed by atoms with E-state index in [4.69, 9.17) is 0 Å². The molecule has 1 amide bonds. The molecule has 1 N–H and O–H groups in total. The van der Waals surface area contributed by atoms with Crippen molar-refractivity contribution in [1.29, 1.82) is 0 Å². The summed E-state index contributed by atoms with van der Waals surface area (Å²) in [4.78, 5) is 11.5. The lowest BCUT2D eigenvalue weighted by Crippen LogP contribution is -2.23. The van der Waals surface area contributed by atoms with E-state index >= 15 is 0 Å². The van der Waals surface area contributed by atoms with Crippen molar-refractivity contribution in [2.75, 3.05) is 6.54 Å². The van der Waals surface area contributed by atoms with Crippen LogP contribution in [0.5, 0.6) is 0 Å². The zero-order valence-electron chi connectivity index (χ0n) is 12.8. The first-order valence-electron chi connectivity index (χ1n) is 7.93. The van der Waals surface area contributed by atoms with Gasteiger partial charge >= 0.3 is 0 Å². The molecule has 0 rings (SSSR count). The Labute approximate surface area is 114 Å². The summed E-state index contributed by atoms with van der Waals surface area (Å²) >= 11 is 0. The minimum Gasteiger partial charge on any atom is -0.356 e. The molecular weight excluding hydrogens is 222 g/mol. The van der Waals surface area contributed by atoms with Gasteiger partial charge in [0.15, 0.2) is 0 Å². The van der Waals surface area contributed by atoms with Crippen molar-refractivity contribution in [3.63, 3.8) is 0 Å². The lowest BCUT2D eigenvalue weighted by atomic mass is 10.0. The fourth-order valence-electron chi connectivity index (χ4n) is 2.06. The normalized spacial score (nSPS) is 10.9. The summed E-state index contributed by atoms with van der Waals surface area (Å²) in [6, 6.07) is 0. The first kappa shape index (κ1) is 17.5. The Morgan fingerprint density at radius 1 is 0.944 bits per heavy atom. The largest absolute Gasteiger partial charge is 0.356 e. The predicted octanol–water partition coefficient (Wildman–Crippen LogP) is 4.68. The Balaban J connectivity index is 3.17. The fourth-order valence-corrected chi connectivity index (χ4v) is 2.06. The van der Waals surface area contributed by atoms with Crippen LogP contribution in [0.3, 0.4) is 0 Å². The highest BCUT2D eigenvalue weighted by molar-refractivity contribution is 5.75. The molecule has 0 aromatic heterocycles. The molecule has 2 heteroatoms. The molecule has 0 radical (unpaired) electrons. The molecule has 108 valence electrons. The number of unbranched alkanes of at least 4 members (excludes halogenated alkanes) is 6. The van der Waals surface area contributed by atoms with Gasteiger partial charge in [0.25, 0.3) is 0 Å². The maximum atomic E-state index is 11.5. The van der Waals surface area contributed by atoms with E-state index in [0.29, 0.717) is 0 Å². The molecule has 0 heterocycles. The molecule has 0 unspecified atom stereocenters. The molecule has 0 aromatic carbocycles. The number of hydrogen-bond donors (Lipinski definition) is 1. The van der Waals surface area contributed by atoms with E-state index in [1.54, 1.807) is 0 Å². The molecule has 0 aliphatic heterocycles. The van der Waals surface area contributed by atoms with Crippen LogP contribution in [0.2, 0.25) is 0 Å². The summed E-state index contributed by atoms with van der Waals surface area (Å²) in [5.74, 6) is 1.06. The molecular formula is C16H33NO. The average molecular weight is 255 g/mol. The Hall–Kier alpha value is -0.530. The number of carbonyl (C=O) groups excluding carboxylic acids is 1. The van der Waals surface area contributed by atoms with E-state index < -0.39 is 0 Å². The van der Waals surface area contributed by atoms with Crippen LogP contribution >= 0.6 is 0 Å². The minimum absolute atomic E-state index is 0.246. The van der Waals surface area contributed by atoms with Gasteiger partial charge in [-0.2, -0.15) is 0 Å². The quantitative estimate of drug-likeness (QED) is 0.504. The summed E-state index contributed by atoms with van der Waals surface area (Å²) in [7, 11) is 0. The van der Waals surface area contributed by atoms with Crippen LogP contribution in [0, 0.1) is 5.92 Å². The minimum atomic E-state index is 0.246. The molecule has 0 aliphatic carbocycles. The molecule has 2 nitrogen and oxygen atoms in total. The van der Waals surface area contributed by atoms with Gasteiger partial charge in [0.2, 0.25) is 5.91 Å². The molecule has 0 spiro atoms. The Morgan fingerprint density at radius 3 is 2.28 bits per heavy atom. The summed E-state index contributed by atoms with van der Waals surface area (Å²) in [5.41, 5.74) is 0. The summed E-state index contributed by atoms with van der Waals surface area (Å²) in [6.45, 7) is 7.61. The van der Waals surface area contributed by atoms with E-state index in [1.165, 1.54) is 44.9 Å². The van der Waals surface area contributed by atoms with Gasteiger partial charge in [-0.25, -0.2) is 0 Å². The van der Waals surface area contributed by atoms with E-state index in [-0.39, 0.29) is 5.91 Å². The number of carbonyl (C=O) groups is 1. The van der Waals surface area contributed by atoms with Crippen molar-refractivity contribution in [2.24, 2.45) is 5.92 Å². The van der Waals surface area contributed by atoms with Gasteiger partial charge in [0.1, 0.15) is 0 Å². The van der Waals surface area contributed by atoms with Crippen molar-refractivity contribution in [3.05, 3.63) is 0 Å². The standard InChI is InChI=1S/C16H33NO/c1-4-5-6-11-14-17-16(18)13-10-8-7-9-12-15(2)3/h15H,4-14H2,1-3H3,(H,17,18). The van der Waals surface area contributed by atoms with Crippen LogP contribution in [0.1, 0.15) is 85.0 Å². The van der Waals surface area contributed by atoms with Crippen molar-refractivity contribution < 1.29 is 4.79 Å². The first-order valence-corrected chi connectivity index (χ1v) is 7.93. The zero-order valence-corrected chi connectivity index (χ0v) is 12.8. The summed E-state index contributed by atoms with van der Waals surface area (Å²) in [5, 5.41) is 3.01. The van der Waals surface area contributed by atoms with Crippen LogP contribution in [0.25, 0.3) is 0 Å². The molecule has 0 fully saturated rings. The smallest absolute Gasteiger partial charge is 0.219 e. The molecule has 0 atom stereocenters. The second-order valence-corrected chi connectivity index (χ2v) is 5.76. The monoisotopic (exact) mass is 255 g/mol. The van der Waals surface area contributed by atoms with Gasteiger partial charge < -0.3 is 5.32 Å².